The van der Waals surface area contributed by atoms with E-state index in [1.54, 1.807) is 24.4 Å². The quantitative estimate of drug-likeness (QED) is 0.255. The van der Waals surface area contributed by atoms with Crippen molar-refractivity contribution in [2.75, 3.05) is 30.5 Å². The summed E-state index contributed by atoms with van der Waals surface area (Å²) in [5, 5.41) is 7.62. The SMILES string of the molecule is O=C(Nc1cccc2ccccc12)OCCOCCc1ccc(NC(=O)c2ccccn2)c(Br)c1. The molecule has 0 saturated carbocycles. The third kappa shape index (κ3) is 6.88. The van der Waals surface area contributed by atoms with Crippen LogP contribution < -0.4 is 10.6 Å². The van der Waals surface area contributed by atoms with E-state index in [4.69, 9.17) is 9.47 Å². The highest BCUT2D eigenvalue weighted by Crippen LogP contribution is 2.25. The van der Waals surface area contributed by atoms with Crippen LogP contribution in [0.15, 0.2) is 89.5 Å². The molecule has 4 aromatic rings. The molecule has 0 spiro atoms. The molecule has 0 atom stereocenters. The van der Waals surface area contributed by atoms with Crippen molar-refractivity contribution < 1.29 is 19.1 Å². The molecule has 0 fully saturated rings. The maximum atomic E-state index is 12.3. The summed E-state index contributed by atoms with van der Waals surface area (Å²) in [6.07, 6.45) is 1.74. The first-order valence-corrected chi connectivity index (χ1v) is 11.9. The molecule has 1 heterocycles. The van der Waals surface area contributed by atoms with E-state index in [-0.39, 0.29) is 12.5 Å². The van der Waals surface area contributed by atoms with Gasteiger partial charge in [0.2, 0.25) is 0 Å². The number of nitrogens with one attached hydrogen (secondary N) is 2. The summed E-state index contributed by atoms with van der Waals surface area (Å²) in [4.78, 5) is 28.4. The predicted molar refractivity (Wildman–Crippen MR) is 140 cm³/mol. The highest BCUT2D eigenvalue weighted by molar-refractivity contribution is 9.10. The van der Waals surface area contributed by atoms with Crippen molar-refractivity contribution in [2.45, 2.75) is 6.42 Å². The van der Waals surface area contributed by atoms with Gasteiger partial charge in [-0.3, -0.25) is 15.1 Å². The molecule has 0 aliphatic heterocycles. The Morgan fingerprint density at radius 3 is 2.49 bits per heavy atom. The van der Waals surface area contributed by atoms with Crippen molar-refractivity contribution in [3.63, 3.8) is 0 Å². The highest BCUT2D eigenvalue weighted by atomic mass is 79.9. The van der Waals surface area contributed by atoms with E-state index in [0.29, 0.717) is 36.7 Å². The molecular formula is C27H24BrN3O4. The van der Waals surface area contributed by atoms with Gasteiger partial charge in [-0.1, -0.05) is 48.5 Å². The topological polar surface area (TPSA) is 89.5 Å². The fraction of sp³-hybridized carbons (Fsp3) is 0.148. The lowest BCUT2D eigenvalue weighted by Gasteiger charge is -2.11. The minimum absolute atomic E-state index is 0.152. The number of rotatable bonds is 9. The first-order valence-electron chi connectivity index (χ1n) is 11.1. The number of benzene rings is 3. The number of nitrogens with zero attached hydrogens (tertiary/aromatic N) is 1. The van der Waals surface area contributed by atoms with Crippen LogP contribution >= 0.6 is 15.9 Å². The molecular weight excluding hydrogens is 510 g/mol. The first kappa shape index (κ1) is 24.4. The Morgan fingerprint density at radius 2 is 1.66 bits per heavy atom. The van der Waals surface area contributed by atoms with Crippen LogP contribution in [0.25, 0.3) is 10.8 Å². The number of anilines is 2. The van der Waals surface area contributed by atoms with Gasteiger partial charge in [0.1, 0.15) is 12.3 Å². The Labute approximate surface area is 211 Å². The molecule has 4 rings (SSSR count). The molecule has 2 N–H and O–H groups in total. The number of carbonyl (C=O) groups excluding carboxylic acids is 2. The van der Waals surface area contributed by atoms with E-state index >= 15 is 0 Å². The number of hydrogen-bond donors (Lipinski definition) is 2. The molecule has 35 heavy (non-hydrogen) atoms. The summed E-state index contributed by atoms with van der Waals surface area (Å²) in [6.45, 7) is 0.918. The van der Waals surface area contributed by atoms with Crippen LogP contribution in [-0.2, 0) is 15.9 Å². The van der Waals surface area contributed by atoms with Gasteiger partial charge in [0.05, 0.1) is 24.6 Å². The summed E-state index contributed by atoms with van der Waals surface area (Å²) in [5.41, 5.74) is 2.77. The molecule has 0 aliphatic carbocycles. The Kier molecular flexibility index (Phi) is 8.43. The van der Waals surface area contributed by atoms with Crippen molar-refractivity contribution in [1.29, 1.82) is 0 Å². The average molecular weight is 534 g/mol. The second kappa shape index (κ2) is 12.1. The Balaban J connectivity index is 1.16. The second-order valence-corrected chi connectivity index (χ2v) is 8.49. The molecule has 0 unspecified atom stereocenters. The number of hydrogen-bond acceptors (Lipinski definition) is 5. The minimum atomic E-state index is -0.516. The molecule has 2 amide bonds. The molecule has 0 aliphatic rings. The molecule has 0 saturated heterocycles. The lowest BCUT2D eigenvalue weighted by atomic mass is 10.1. The number of ether oxygens (including phenoxy) is 2. The number of aromatic nitrogens is 1. The van der Waals surface area contributed by atoms with E-state index < -0.39 is 6.09 Å². The van der Waals surface area contributed by atoms with Gasteiger partial charge in [-0.05, 0) is 63.6 Å². The normalized spacial score (nSPS) is 10.7. The van der Waals surface area contributed by atoms with Crippen molar-refractivity contribution in [2.24, 2.45) is 0 Å². The monoisotopic (exact) mass is 533 g/mol. The van der Waals surface area contributed by atoms with E-state index in [9.17, 15) is 9.59 Å². The Morgan fingerprint density at radius 1 is 0.829 bits per heavy atom. The second-order valence-electron chi connectivity index (χ2n) is 7.63. The lowest BCUT2D eigenvalue weighted by molar-refractivity contribution is 0.0798. The number of halogens is 1. The van der Waals surface area contributed by atoms with Gasteiger partial charge in [0.25, 0.3) is 5.91 Å². The molecule has 0 radical (unpaired) electrons. The summed E-state index contributed by atoms with van der Waals surface area (Å²) < 4.78 is 11.6. The zero-order chi connectivity index (χ0) is 24.5. The van der Waals surface area contributed by atoms with Gasteiger partial charge < -0.3 is 14.8 Å². The van der Waals surface area contributed by atoms with Crippen LogP contribution in [0.3, 0.4) is 0 Å². The van der Waals surface area contributed by atoms with Gasteiger partial charge in [-0.15, -0.1) is 0 Å². The fourth-order valence-electron chi connectivity index (χ4n) is 3.46. The maximum Gasteiger partial charge on any atom is 0.411 e. The fourth-order valence-corrected chi connectivity index (χ4v) is 3.99. The van der Waals surface area contributed by atoms with E-state index in [1.165, 1.54) is 0 Å². The van der Waals surface area contributed by atoms with Crippen molar-refractivity contribution in [1.82, 2.24) is 4.98 Å². The zero-order valence-corrected chi connectivity index (χ0v) is 20.5. The average Bonchev–Trinajstić information content (AvgIpc) is 2.88. The third-order valence-electron chi connectivity index (χ3n) is 5.20. The number of amides is 2. The number of carbonyl (C=O) groups is 2. The molecule has 1 aromatic heterocycles. The smallest absolute Gasteiger partial charge is 0.411 e. The lowest BCUT2D eigenvalue weighted by Crippen LogP contribution is -2.17. The predicted octanol–water partition coefficient (Wildman–Crippen LogP) is 6.06. The Hall–Kier alpha value is -3.75. The van der Waals surface area contributed by atoms with E-state index in [2.05, 4.69) is 31.5 Å². The summed E-state index contributed by atoms with van der Waals surface area (Å²) >= 11 is 3.50. The third-order valence-corrected chi connectivity index (χ3v) is 5.86. The summed E-state index contributed by atoms with van der Waals surface area (Å²) in [5.74, 6) is -0.271. The standard InChI is InChI=1S/C27H24BrN3O4/c28-22-18-19(11-12-24(22)30-26(32)25-9-3-4-14-29-25)13-15-34-16-17-35-27(33)31-23-10-5-7-20-6-1-2-8-21(20)23/h1-12,14,18H,13,15-17H2,(H,30,32)(H,31,33). The van der Waals surface area contributed by atoms with Gasteiger partial charge in [0.15, 0.2) is 0 Å². The van der Waals surface area contributed by atoms with Crippen LogP contribution in [0.4, 0.5) is 16.2 Å². The van der Waals surface area contributed by atoms with E-state index in [0.717, 1.165) is 20.8 Å². The van der Waals surface area contributed by atoms with Crippen LogP contribution in [0.1, 0.15) is 16.1 Å². The number of pyridine rings is 1. The maximum absolute atomic E-state index is 12.3. The summed E-state index contributed by atoms with van der Waals surface area (Å²) in [7, 11) is 0. The van der Waals surface area contributed by atoms with Crippen LogP contribution in [0, 0.1) is 0 Å². The van der Waals surface area contributed by atoms with Gasteiger partial charge in [0, 0.05) is 16.1 Å². The van der Waals surface area contributed by atoms with Crippen molar-refractivity contribution >= 4 is 50.1 Å². The number of fused-ring (bicyclic) bond motifs is 1. The highest BCUT2D eigenvalue weighted by Gasteiger charge is 2.10. The molecule has 0 bridgehead atoms. The van der Waals surface area contributed by atoms with Crippen LogP contribution in [-0.4, -0.2) is 36.8 Å². The van der Waals surface area contributed by atoms with Crippen LogP contribution in [0.5, 0.6) is 0 Å². The van der Waals surface area contributed by atoms with E-state index in [1.807, 2.05) is 60.7 Å². The molecule has 178 valence electrons. The van der Waals surface area contributed by atoms with Crippen molar-refractivity contribution in [3.8, 4) is 0 Å². The minimum Gasteiger partial charge on any atom is -0.447 e. The van der Waals surface area contributed by atoms with Gasteiger partial charge in [-0.2, -0.15) is 0 Å². The summed E-state index contributed by atoms with van der Waals surface area (Å²) in [6, 6.07) is 24.4. The van der Waals surface area contributed by atoms with Gasteiger partial charge >= 0.3 is 6.09 Å². The van der Waals surface area contributed by atoms with Crippen molar-refractivity contribution in [3.05, 3.63) is 101 Å². The first-order chi connectivity index (χ1) is 17.1. The molecule has 8 heteroatoms. The molecule has 7 nitrogen and oxygen atoms in total. The molecule has 3 aromatic carbocycles. The largest absolute Gasteiger partial charge is 0.447 e. The van der Waals surface area contributed by atoms with Crippen LogP contribution in [0.2, 0.25) is 0 Å². The Bertz CT molecular complexity index is 1310. The van der Waals surface area contributed by atoms with Gasteiger partial charge in [-0.25, -0.2) is 4.79 Å². The zero-order valence-electron chi connectivity index (χ0n) is 18.9.